The van der Waals surface area contributed by atoms with E-state index < -0.39 is 10.0 Å². The van der Waals surface area contributed by atoms with Crippen molar-refractivity contribution in [2.75, 3.05) is 0 Å². The van der Waals surface area contributed by atoms with Gasteiger partial charge in [0.05, 0.1) is 12.4 Å². The average Bonchev–Trinajstić information content (AvgIpc) is 2.65. The Morgan fingerprint density at radius 1 is 1.38 bits per heavy atom. The van der Waals surface area contributed by atoms with Gasteiger partial charge in [-0.1, -0.05) is 0 Å². The van der Waals surface area contributed by atoms with Crippen molar-refractivity contribution in [2.45, 2.75) is 11.8 Å². The van der Waals surface area contributed by atoms with E-state index >= 15 is 0 Å². The molecular weight excluding hydrogens is 230 g/mol. The van der Waals surface area contributed by atoms with Crippen LogP contribution in [0.4, 0.5) is 0 Å². The van der Waals surface area contributed by atoms with Crippen molar-refractivity contribution in [1.82, 2.24) is 19.7 Å². The predicted molar refractivity (Wildman–Crippen MR) is 55.3 cm³/mol. The zero-order valence-electron chi connectivity index (χ0n) is 8.40. The number of hydrogen-bond acceptors (Lipinski definition) is 5. The highest BCUT2D eigenvalue weighted by Crippen LogP contribution is 2.08. The second kappa shape index (κ2) is 3.65. The summed E-state index contributed by atoms with van der Waals surface area (Å²) in [5.74, 6) is 0.488. The Kier molecular flexibility index (Phi) is 2.44. The Balaban J connectivity index is 2.47. The van der Waals surface area contributed by atoms with Crippen LogP contribution >= 0.6 is 0 Å². The second-order valence-corrected chi connectivity index (χ2v) is 4.74. The standard InChI is InChI=1S/C8H9N5O2S/c1-6-2-8(11-5-10-6)13-4-7(3-12-13)16(9,14)15/h2-5H,1H3,(H2,9,14,15). The molecule has 0 saturated carbocycles. The molecule has 0 atom stereocenters. The van der Waals surface area contributed by atoms with Crippen molar-refractivity contribution in [2.24, 2.45) is 5.14 Å². The Bertz CT molecular complexity index is 619. The highest BCUT2D eigenvalue weighted by Gasteiger charge is 2.11. The third-order valence-corrected chi connectivity index (χ3v) is 2.78. The van der Waals surface area contributed by atoms with Gasteiger partial charge in [0.25, 0.3) is 0 Å². The van der Waals surface area contributed by atoms with Gasteiger partial charge in [-0.25, -0.2) is 28.2 Å². The molecule has 2 aromatic rings. The summed E-state index contributed by atoms with van der Waals surface area (Å²) in [6.07, 6.45) is 3.85. The van der Waals surface area contributed by atoms with E-state index in [1.165, 1.54) is 23.4 Å². The lowest BCUT2D eigenvalue weighted by Gasteiger charge is -1.99. The number of hydrogen-bond donors (Lipinski definition) is 1. The molecule has 7 nitrogen and oxygen atoms in total. The van der Waals surface area contributed by atoms with Crippen molar-refractivity contribution in [3.05, 3.63) is 30.5 Å². The Hall–Kier alpha value is -1.80. The van der Waals surface area contributed by atoms with E-state index in [2.05, 4.69) is 15.1 Å². The molecule has 0 spiro atoms. The minimum absolute atomic E-state index is 0.0521. The number of nitrogens with zero attached hydrogens (tertiary/aromatic N) is 4. The molecule has 0 aromatic carbocycles. The molecule has 2 N–H and O–H groups in total. The van der Waals surface area contributed by atoms with Gasteiger partial charge in [0.1, 0.15) is 11.2 Å². The summed E-state index contributed by atoms with van der Waals surface area (Å²) >= 11 is 0. The Morgan fingerprint density at radius 2 is 2.12 bits per heavy atom. The zero-order valence-corrected chi connectivity index (χ0v) is 9.22. The van der Waals surface area contributed by atoms with E-state index in [1.807, 2.05) is 0 Å². The second-order valence-electron chi connectivity index (χ2n) is 3.18. The summed E-state index contributed by atoms with van der Waals surface area (Å²) in [6, 6.07) is 1.68. The smallest absolute Gasteiger partial charge is 0.241 e. The highest BCUT2D eigenvalue weighted by molar-refractivity contribution is 7.89. The van der Waals surface area contributed by atoms with Crippen LogP contribution in [0.15, 0.2) is 29.7 Å². The third kappa shape index (κ3) is 2.07. The van der Waals surface area contributed by atoms with E-state index in [0.717, 1.165) is 5.69 Å². The van der Waals surface area contributed by atoms with Crippen molar-refractivity contribution >= 4 is 10.0 Å². The van der Waals surface area contributed by atoms with Gasteiger partial charge in [0.2, 0.25) is 10.0 Å². The van der Waals surface area contributed by atoms with Gasteiger partial charge in [-0.05, 0) is 6.92 Å². The van der Waals surface area contributed by atoms with Crippen LogP contribution in [0, 0.1) is 6.92 Å². The number of aryl methyl sites for hydroxylation is 1. The fourth-order valence-electron chi connectivity index (χ4n) is 1.14. The number of primary sulfonamides is 1. The first-order chi connectivity index (χ1) is 7.47. The van der Waals surface area contributed by atoms with Gasteiger partial charge in [0, 0.05) is 11.8 Å². The van der Waals surface area contributed by atoms with E-state index in [4.69, 9.17) is 5.14 Å². The molecule has 2 heterocycles. The molecule has 2 aromatic heterocycles. The van der Waals surface area contributed by atoms with Crippen LogP contribution in [-0.2, 0) is 10.0 Å². The van der Waals surface area contributed by atoms with Gasteiger partial charge < -0.3 is 0 Å². The van der Waals surface area contributed by atoms with Crippen LogP contribution < -0.4 is 5.14 Å². The minimum Gasteiger partial charge on any atom is -0.242 e. The topological polar surface area (TPSA) is 104 Å². The average molecular weight is 239 g/mol. The van der Waals surface area contributed by atoms with Crippen LogP contribution in [0.25, 0.3) is 5.82 Å². The van der Waals surface area contributed by atoms with Gasteiger partial charge >= 0.3 is 0 Å². The molecule has 0 unspecified atom stereocenters. The van der Waals surface area contributed by atoms with Crippen molar-refractivity contribution in [3.63, 3.8) is 0 Å². The summed E-state index contributed by atoms with van der Waals surface area (Å²) < 4.78 is 23.4. The van der Waals surface area contributed by atoms with Crippen molar-refractivity contribution < 1.29 is 8.42 Å². The Morgan fingerprint density at radius 3 is 2.69 bits per heavy atom. The van der Waals surface area contributed by atoms with Crippen molar-refractivity contribution in [3.8, 4) is 5.82 Å². The molecule has 8 heteroatoms. The zero-order chi connectivity index (χ0) is 11.8. The van der Waals surface area contributed by atoms with Crippen LogP contribution in [-0.4, -0.2) is 28.2 Å². The van der Waals surface area contributed by atoms with Crippen molar-refractivity contribution in [1.29, 1.82) is 0 Å². The monoisotopic (exact) mass is 239 g/mol. The number of sulfonamides is 1. The molecule has 0 aliphatic heterocycles. The third-order valence-electron chi connectivity index (χ3n) is 1.91. The van der Waals surface area contributed by atoms with Crippen LogP contribution in [0.3, 0.4) is 0 Å². The minimum atomic E-state index is -3.73. The molecule has 2 rings (SSSR count). The summed E-state index contributed by atoms with van der Waals surface area (Å²) in [5, 5.41) is 8.83. The van der Waals surface area contributed by atoms with Gasteiger partial charge in [-0.3, -0.25) is 0 Å². The Labute approximate surface area is 92.0 Å². The largest absolute Gasteiger partial charge is 0.242 e. The molecule has 84 valence electrons. The van der Waals surface area contributed by atoms with Gasteiger partial charge in [-0.15, -0.1) is 0 Å². The molecule has 0 aliphatic rings. The first-order valence-corrected chi connectivity index (χ1v) is 5.88. The lowest BCUT2D eigenvalue weighted by molar-refractivity contribution is 0.598. The quantitative estimate of drug-likeness (QED) is 0.769. The molecule has 0 radical (unpaired) electrons. The highest BCUT2D eigenvalue weighted by atomic mass is 32.2. The normalized spacial score (nSPS) is 11.6. The fraction of sp³-hybridized carbons (Fsp3) is 0.125. The van der Waals surface area contributed by atoms with E-state index in [0.29, 0.717) is 5.82 Å². The molecule has 0 fully saturated rings. The SMILES string of the molecule is Cc1cc(-n2cc(S(N)(=O)=O)cn2)ncn1. The van der Waals surface area contributed by atoms with Crippen LogP contribution in [0.1, 0.15) is 5.69 Å². The summed E-state index contributed by atoms with van der Waals surface area (Å²) in [4.78, 5) is 7.83. The number of aromatic nitrogens is 4. The lowest BCUT2D eigenvalue weighted by Crippen LogP contribution is -2.11. The summed E-state index contributed by atoms with van der Waals surface area (Å²) in [6.45, 7) is 1.80. The van der Waals surface area contributed by atoms with Crippen LogP contribution in [0.2, 0.25) is 0 Å². The number of nitrogens with two attached hydrogens (primary N) is 1. The van der Waals surface area contributed by atoms with Gasteiger partial charge in [-0.2, -0.15) is 5.10 Å². The lowest BCUT2D eigenvalue weighted by atomic mass is 10.4. The molecule has 16 heavy (non-hydrogen) atoms. The molecular formula is C8H9N5O2S. The first-order valence-electron chi connectivity index (χ1n) is 4.33. The van der Waals surface area contributed by atoms with Gasteiger partial charge in [0.15, 0.2) is 5.82 Å². The molecule has 0 saturated heterocycles. The predicted octanol–water partition coefficient (Wildman–Crippen LogP) is -0.382. The summed E-state index contributed by atoms with van der Waals surface area (Å²) in [5.41, 5.74) is 0.762. The van der Waals surface area contributed by atoms with E-state index in [9.17, 15) is 8.42 Å². The van der Waals surface area contributed by atoms with E-state index in [1.54, 1.807) is 13.0 Å². The maximum atomic E-state index is 11.0. The fourth-order valence-corrected chi connectivity index (χ4v) is 1.59. The maximum absolute atomic E-state index is 11.0. The molecule has 0 bridgehead atoms. The summed E-state index contributed by atoms with van der Waals surface area (Å²) in [7, 11) is -3.73. The maximum Gasteiger partial charge on any atom is 0.241 e. The number of rotatable bonds is 2. The molecule has 0 aliphatic carbocycles. The van der Waals surface area contributed by atoms with E-state index in [-0.39, 0.29) is 4.90 Å². The van der Waals surface area contributed by atoms with Crippen LogP contribution in [0.5, 0.6) is 0 Å². The molecule has 0 amide bonds. The first kappa shape index (κ1) is 10.7.